The Morgan fingerprint density at radius 1 is 1.50 bits per heavy atom. The van der Waals surface area contributed by atoms with Gasteiger partial charge in [-0.3, -0.25) is 4.68 Å². The molecule has 0 aliphatic carbocycles. The van der Waals surface area contributed by atoms with Crippen molar-refractivity contribution in [3.8, 4) is 0 Å². The van der Waals surface area contributed by atoms with Crippen LogP contribution in [0.15, 0.2) is 17.4 Å². The van der Waals surface area contributed by atoms with Crippen LogP contribution in [0.1, 0.15) is 39.2 Å². The van der Waals surface area contributed by atoms with Gasteiger partial charge in [-0.05, 0) is 31.6 Å². The van der Waals surface area contributed by atoms with Crippen molar-refractivity contribution >= 4 is 29.9 Å². The number of guanidine groups is 1. The van der Waals surface area contributed by atoms with Crippen LogP contribution in [0.4, 0.5) is 0 Å². The maximum atomic E-state index is 4.77. The smallest absolute Gasteiger partial charge is 0.194 e. The van der Waals surface area contributed by atoms with Gasteiger partial charge in [-0.15, -0.1) is 24.0 Å². The van der Waals surface area contributed by atoms with E-state index in [0.29, 0.717) is 6.54 Å². The van der Waals surface area contributed by atoms with E-state index < -0.39 is 0 Å². The van der Waals surface area contributed by atoms with Gasteiger partial charge in [0.05, 0.1) is 12.7 Å². The number of hydrogen-bond acceptors (Lipinski definition) is 2. The number of aryl methyl sites for hydroxylation is 1. The minimum Gasteiger partial charge on any atom is -0.357 e. The topological polar surface area (TPSA) is 45.5 Å². The molecular weight excluding hydrogens is 389 g/mol. The van der Waals surface area contributed by atoms with Crippen molar-refractivity contribution in [1.82, 2.24) is 20.0 Å². The number of aliphatic imine (C=N–C) groups is 1. The Labute approximate surface area is 151 Å². The van der Waals surface area contributed by atoms with Gasteiger partial charge in [0.2, 0.25) is 0 Å². The molecule has 0 amide bonds. The molecule has 2 heterocycles. The Balaban J connectivity index is 0.00000242. The number of nitrogens with zero attached hydrogens (tertiary/aromatic N) is 4. The van der Waals surface area contributed by atoms with Gasteiger partial charge < -0.3 is 10.2 Å². The van der Waals surface area contributed by atoms with Crippen LogP contribution in [-0.2, 0) is 13.6 Å². The van der Waals surface area contributed by atoms with Crippen LogP contribution in [0.3, 0.4) is 0 Å². The minimum atomic E-state index is 0. The Morgan fingerprint density at radius 3 is 2.86 bits per heavy atom. The molecule has 0 radical (unpaired) electrons. The number of rotatable bonds is 5. The highest BCUT2D eigenvalue weighted by molar-refractivity contribution is 14.0. The summed E-state index contributed by atoms with van der Waals surface area (Å²) in [6.07, 6.45) is 6.52. The zero-order chi connectivity index (χ0) is 15.2. The molecule has 1 aliphatic heterocycles. The Bertz CT molecular complexity index is 469. The zero-order valence-electron chi connectivity index (χ0n) is 14.2. The summed E-state index contributed by atoms with van der Waals surface area (Å²) >= 11 is 0. The highest BCUT2D eigenvalue weighted by Crippen LogP contribution is 2.23. The van der Waals surface area contributed by atoms with Crippen molar-refractivity contribution in [2.75, 3.05) is 19.6 Å². The molecule has 1 aliphatic rings. The van der Waals surface area contributed by atoms with Gasteiger partial charge in [0.1, 0.15) is 0 Å². The molecule has 126 valence electrons. The maximum absolute atomic E-state index is 4.77. The van der Waals surface area contributed by atoms with E-state index in [0.717, 1.165) is 43.0 Å². The van der Waals surface area contributed by atoms with E-state index in [-0.39, 0.29) is 24.0 Å². The van der Waals surface area contributed by atoms with E-state index in [1.54, 1.807) is 0 Å². The molecule has 1 aromatic heterocycles. The fraction of sp³-hybridized carbons (Fsp3) is 0.750. The molecule has 1 fully saturated rings. The average Bonchev–Trinajstić information content (AvgIpc) is 3.03. The molecule has 22 heavy (non-hydrogen) atoms. The second kappa shape index (κ2) is 9.37. The summed E-state index contributed by atoms with van der Waals surface area (Å²) in [6.45, 7) is 10.6. The third-order valence-corrected chi connectivity index (χ3v) is 3.89. The molecule has 6 heteroatoms. The first-order valence-corrected chi connectivity index (χ1v) is 8.09. The number of aromatic nitrogens is 2. The lowest BCUT2D eigenvalue weighted by Crippen LogP contribution is -2.40. The van der Waals surface area contributed by atoms with E-state index in [2.05, 4.69) is 36.1 Å². The normalized spacial score (nSPS) is 18.7. The summed E-state index contributed by atoms with van der Waals surface area (Å²) in [7, 11) is 1.94. The molecule has 0 saturated carbocycles. The highest BCUT2D eigenvalue weighted by atomic mass is 127. The molecule has 1 aromatic rings. The van der Waals surface area contributed by atoms with Crippen LogP contribution in [0.2, 0.25) is 0 Å². The van der Waals surface area contributed by atoms with Crippen molar-refractivity contribution in [2.24, 2.45) is 23.9 Å². The van der Waals surface area contributed by atoms with Gasteiger partial charge in [-0.2, -0.15) is 5.10 Å². The van der Waals surface area contributed by atoms with Crippen molar-refractivity contribution in [3.05, 3.63) is 18.0 Å². The third kappa shape index (κ3) is 5.78. The fourth-order valence-corrected chi connectivity index (χ4v) is 3.03. The van der Waals surface area contributed by atoms with E-state index in [1.807, 2.05) is 24.1 Å². The number of nitrogens with one attached hydrogen (secondary N) is 1. The predicted octanol–water partition coefficient (Wildman–Crippen LogP) is 2.87. The second-order valence-electron chi connectivity index (χ2n) is 6.42. The summed E-state index contributed by atoms with van der Waals surface area (Å²) in [4.78, 5) is 7.18. The van der Waals surface area contributed by atoms with Crippen LogP contribution < -0.4 is 5.32 Å². The second-order valence-corrected chi connectivity index (χ2v) is 6.42. The standard InChI is InChI=1S/C16H29N5.HI/c1-5-17-16(18-9-15-10-19-20(4)11-15)21-7-6-14(12-21)8-13(2)3;/h10-11,13-14H,5-9,12H2,1-4H3,(H,17,18);1H. The Morgan fingerprint density at radius 2 is 2.27 bits per heavy atom. The van der Waals surface area contributed by atoms with Gasteiger partial charge in [-0.25, -0.2) is 4.99 Å². The van der Waals surface area contributed by atoms with Crippen LogP contribution in [0.25, 0.3) is 0 Å². The first-order chi connectivity index (χ1) is 10.1. The molecular formula is C16H30IN5. The maximum Gasteiger partial charge on any atom is 0.194 e. The quantitative estimate of drug-likeness (QED) is 0.454. The summed E-state index contributed by atoms with van der Waals surface area (Å²) in [5.41, 5.74) is 1.16. The Kier molecular flexibility index (Phi) is 8.20. The Hall–Kier alpha value is -0.790. The van der Waals surface area contributed by atoms with Crippen molar-refractivity contribution in [1.29, 1.82) is 0 Å². The first kappa shape index (κ1) is 19.3. The van der Waals surface area contributed by atoms with Gasteiger partial charge in [0.25, 0.3) is 0 Å². The molecule has 1 atom stereocenters. The minimum absolute atomic E-state index is 0. The van der Waals surface area contributed by atoms with Gasteiger partial charge in [-0.1, -0.05) is 13.8 Å². The van der Waals surface area contributed by atoms with E-state index in [9.17, 15) is 0 Å². The summed E-state index contributed by atoms with van der Waals surface area (Å²) in [5.74, 6) is 2.64. The number of hydrogen-bond donors (Lipinski definition) is 1. The molecule has 1 N–H and O–H groups in total. The first-order valence-electron chi connectivity index (χ1n) is 8.09. The lowest BCUT2D eigenvalue weighted by atomic mass is 9.97. The van der Waals surface area contributed by atoms with Crippen LogP contribution >= 0.6 is 24.0 Å². The molecule has 0 aromatic carbocycles. The van der Waals surface area contributed by atoms with Crippen LogP contribution in [-0.4, -0.2) is 40.3 Å². The largest absolute Gasteiger partial charge is 0.357 e. The van der Waals surface area contributed by atoms with E-state index >= 15 is 0 Å². The van der Waals surface area contributed by atoms with Crippen LogP contribution in [0.5, 0.6) is 0 Å². The monoisotopic (exact) mass is 419 g/mol. The third-order valence-electron chi connectivity index (χ3n) is 3.89. The van der Waals surface area contributed by atoms with E-state index in [4.69, 9.17) is 4.99 Å². The molecule has 5 nitrogen and oxygen atoms in total. The van der Waals surface area contributed by atoms with E-state index in [1.165, 1.54) is 12.8 Å². The SMILES string of the molecule is CCNC(=NCc1cnn(C)c1)N1CCC(CC(C)C)C1.I. The lowest BCUT2D eigenvalue weighted by molar-refractivity contribution is 0.403. The number of halogens is 1. The zero-order valence-corrected chi connectivity index (χ0v) is 16.6. The molecule has 1 unspecified atom stereocenters. The molecule has 0 bridgehead atoms. The predicted molar refractivity (Wildman–Crippen MR) is 103 cm³/mol. The fourth-order valence-electron chi connectivity index (χ4n) is 3.03. The summed E-state index contributed by atoms with van der Waals surface area (Å²) in [6, 6.07) is 0. The van der Waals surface area contributed by atoms with Crippen molar-refractivity contribution in [3.63, 3.8) is 0 Å². The van der Waals surface area contributed by atoms with Gasteiger partial charge in [0.15, 0.2) is 5.96 Å². The highest BCUT2D eigenvalue weighted by Gasteiger charge is 2.25. The molecule has 2 rings (SSSR count). The summed E-state index contributed by atoms with van der Waals surface area (Å²) in [5, 5.41) is 7.62. The van der Waals surface area contributed by atoms with Crippen molar-refractivity contribution in [2.45, 2.75) is 40.2 Å². The van der Waals surface area contributed by atoms with Gasteiger partial charge >= 0.3 is 0 Å². The number of likely N-dealkylation sites (tertiary alicyclic amines) is 1. The molecule has 0 spiro atoms. The van der Waals surface area contributed by atoms with Crippen LogP contribution in [0, 0.1) is 11.8 Å². The molecule has 1 saturated heterocycles. The summed E-state index contributed by atoms with van der Waals surface area (Å²) < 4.78 is 1.83. The average molecular weight is 419 g/mol. The van der Waals surface area contributed by atoms with Crippen molar-refractivity contribution < 1.29 is 0 Å². The van der Waals surface area contributed by atoms with Gasteiger partial charge in [0, 0.05) is 38.4 Å². The lowest BCUT2D eigenvalue weighted by Gasteiger charge is -2.22.